The normalized spacial score (nSPS) is 9.42. The fraction of sp³-hybridized carbons (Fsp3) is 0.200. The second-order valence-electron chi connectivity index (χ2n) is 2.54. The lowest BCUT2D eigenvalue weighted by Gasteiger charge is -2.03. The summed E-state index contributed by atoms with van der Waals surface area (Å²) in [5.41, 5.74) is 7.59. The predicted octanol–water partition coefficient (Wildman–Crippen LogP) is 1.70. The van der Waals surface area contributed by atoms with Crippen molar-refractivity contribution in [3.63, 3.8) is 0 Å². The van der Waals surface area contributed by atoms with Gasteiger partial charge in [0.05, 0.1) is 0 Å². The molecule has 0 saturated carbocycles. The highest BCUT2D eigenvalue weighted by atomic mass is 14.9. The quantitative estimate of drug-likeness (QED) is 0.707. The minimum absolute atomic E-state index is 0.656. The molecule has 0 aliphatic rings. The smallest absolute Gasteiger partial charge is 0.0341 e. The second-order valence-corrected chi connectivity index (χ2v) is 2.54. The average molecular weight is 162 g/mol. The number of nitrogens with one attached hydrogen (secondary N) is 1. The van der Waals surface area contributed by atoms with Crippen LogP contribution in [0.25, 0.3) is 6.08 Å². The van der Waals surface area contributed by atoms with Gasteiger partial charge in [-0.25, -0.2) is 0 Å². The summed E-state index contributed by atoms with van der Waals surface area (Å²) in [6, 6.07) is 8.08. The number of hydrogen-bond donors (Lipinski definition) is 2. The molecule has 3 N–H and O–H groups in total. The Morgan fingerprint density at radius 1 is 1.33 bits per heavy atom. The van der Waals surface area contributed by atoms with Crippen LogP contribution in [0.1, 0.15) is 5.56 Å². The van der Waals surface area contributed by atoms with Crippen LogP contribution >= 0.6 is 0 Å². The molecule has 2 heteroatoms. The van der Waals surface area contributed by atoms with Crippen LogP contribution in [-0.2, 0) is 0 Å². The topological polar surface area (TPSA) is 38.0 Å². The van der Waals surface area contributed by atoms with E-state index in [0.717, 1.165) is 17.8 Å². The van der Waals surface area contributed by atoms with Gasteiger partial charge in [0.25, 0.3) is 0 Å². The van der Waals surface area contributed by atoms with Crippen molar-refractivity contribution < 1.29 is 0 Å². The number of benzene rings is 1. The van der Waals surface area contributed by atoms with E-state index in [1.54, 1.807) is 0 Å². The van der Waals surface area contributed by atoms with E-state index in [1.165, 1.54) is 0 Å². The van der Waals surface area contributed by atoms with Crippen molar-refractivity contribution in [1.82, 2.24) is 0 Å². The Bertz CT molecular complexity index is 239. The highest BCUT2D eigenvalue weighted by Crippen LogP contribution is 2.09. The van der Waals surface area contributed by atoms with Crippen LogP contribution in [0.3, 0.4) is 0 Å². The highest BCUT2D eigenvalue weighted by molar-refractivity contribution is 5.53. The van der Waals surface area contributed by atoms with Crippen molar-refractivity contribution in [2.24, 2.45) is 5.73 Å². The van der Waals surface area contributed by atoms with Crippen molar-refractivity contribution >= 4 is 11.8 Å². The molecule has 0 spiro atoms. The molecule has 1 aromatic carbocycles. The van der Waals surface area contributed by atoms with Crippen molar-refractivity contribution in [1.29, 1.82) is 0 Å². The van der Waals surface area contributed by atoms with E-state index in [1.807, 2.05) is 30.3 Å². The number of rotatable bonds is 4. The third kappa shape index (κ3) is 2.40. The van der Waals surface area contributed by atoms with E-state index >= 15 is 0 Å². The zero-order valence-corrected chi connectivity index (χ0v) is 7.09. The van der Waals surface area contributed by atoms with E-state index in [-0.39, 0.29) is 0 Å². The van der Waals surface area contributed by atoms with Gasteiger partial charge in [-0.1, -0.05) is 24.8 Å². The molecule has 0 aliphatic carbocycles. The summed E-state index contributed by atoms with van der Waals surface area (Å²) in [6.07, 6.45) is 1.83. The maximum atomic E-state index is 5.35. The molecule has 2 nitrogen and oxygen atoms in total. The van der Waals surface area contributed by atoms with Gasteiger partial charge in [0, 0.05) is 18.8 Å². The minimum atomic E-state index is 0.656. The van der Waals surface area contributed by atoms with Gasteiger partial charge in [-0.2, -0.15) is 0 Å². The van der Waals surface area contributed by atoms with Gasteiger partial charge in [-0.15, -0.1) is 0 Å². The molecule has 12 heavy (non-hydrogen) atoms. The van der Waals surface area contributed by atoms with Crippen LogP contribution in [0.4, 0.5) is 5.69 Å². The molecule has 0 atom stereocenters. The van der Waals surface area contributed by atoms with E-state index in [2.05, 4.69) is 11.9 Å². The van der Waals surface area contributed by atoms with Crippen LogP contribution in [0.2, 0.25) is 0 Å². The van der Waals surface area contributed by atoms with E-state index in [4.69, 9.17) is 5.73 Å². The first-order valence-electron chi connectivity index (χ1n) is 4.03. The van der Waals surface area contributed by atoms with Crippen molar-refractivity contribution in [3.8, 4) is 0 Å². The van der Waals surface area contributed by atoms with Gasteiger partial charge in [-0.05, 0) is 17.7 Å². The molecule has 0 heterocycles. The summed E-state index contributed by atoms with van der Waals surface area (Å²) >= 11 is 0. The average Bonchev–Trinajstić information content (AvgIpc) is 2.15. The lowest BCUT2D eigenvalue weighted by atomic mass is 10.2. The minimum Gasteiger partial charge on any atom is -0.384 e. The molecule has 0 bridgehead atoms. The first-order valence-corrected chi connectivity index (χ1v) is 4.03. The zero-order chi connectivity index (χ0) is 8.81. The van der Waals surface area contributed by atoms with Crippen LogP contribution in [0, 0.1) is 0 Å². The fourth-order valence-electron chi connectivity index (χ4n) is 0.954. The molecule has 0 unspecified atom stereocenters. The van der Waals surface area contributed by atoms with Gasteiger partial charge < -0.3 is 11.1 Å². The summed E-state index contributed by atoms with van der Waals surface area (Å²) < 4.78 is 0. The Morgan fingerprint density at radius 2 is 2.00 bits per heavy atom. The standard InChI is InChI=1S/C10H14N2/c1-2-9-3-5-10(6-4-9)12-8-7-11/h2-6,12H,1,7-8,11H2. The monoisotopic (exact) mass is 162 g/mol. The lowest BCUT2D eigenvalue weighted by Crippen LogP contribution is -2.12. The Labute approximate surface area is 73.1 Å². The van der Waals surface area contributed by atoms with E-state index in [9.17, 15) is 0 Å². The number of anilines is 1. The summed E-state index contributed by atoms with van der Waals surface area (Å²) in [7, 11) is 0. The fourth-order valence-corrected chi connectivity index (χ4v) is 0.954. The number of nitrogens with two attached hydrogens (primary N) is 1. The van der Waals surface area contributed by atoms with Crippen molar-refractivity contribution in [2.75, 3.05) is 18.4 Å². The molecule has 0 fully saturated rings. The molecule has 0 aromatic heterocycles. The van der Waals surface area contributed by atoms with Crippen molar-refractivity contribution in [2.45, 2.75) is 0 Å². The molecule has 64 valence electrons. The molecule has 1 rings (SSSR count). The maximum absolute atomic E-state index is 5.35. The summed E-state index contributed by atoms with van der Waals surface area (Å²) in [6.45, 7) is 5.15. The van der Waals surface area contributed by atoms with Gasteiger partial charge in [-0.3, -0.25) is 0 Å². The zero-order valence-electron chi connectivity index (χ0n) is 7.09. The van der Waals surface area contributed by atoms with Gasteiger partial charge in [0.15, 0.2) is 0 Å². The third-order valence-corrected chi connectivity index (χ3v) is 1.62. The largest absolute Gasteiger partial charge is 0.384 e. The predicted molar refractivity (Wildman–Crippen MR) is 54.1 cm³/mol. The third-order valence-electron chi connectivity index (χ3n) is 1.62. The Kier molecular flexibility index (Phi) is 3.35. The first-order chi connectivity index (χ1) is 5.86. The Balaban J connectivity index is 2.58. The Morgan fingerprint density at radius 3 is 2.50 bits per heavy atom. The number of hydrogen-bond acceptors (Lipinski definition) is 2. The molecular formula is C10H14N2. The summed E-state index contributed by atoms with van der Waals surface area (Å²) in [5, 5.41) is 3.19. The molecule has 0 saturated heterocycles. The maximum Gasteiger partial charge on any atom is 0.0341 e. The Hall–Kier alpha value is -1.28. The summed E-state index contributed by atoms with van der Waals surface area (Å²) in [4.78, 5) is 0. The molecule has 1 aromatic rings. The highest BCUT2D eigenvalue weighted by Gasteiger charge is 1.89. The van der Waals surface area contributed by atoms with Gasteiger partial charge >= 0.3 is 0 Å². The van der Waals surface area contributed by atoms with Crippen LogP contribution in [0.15, 0.2) is 30.8 Å². The van der Waals surface area contributed by atoms with Crippen LogP contribution < -0.4 is 11.1 Å². The van der Waals surface area contributed by atoms with E-state index in [0.29, 0.717) is 6.54 Å². The van der Waals surface area contributed by atoms with Crippen LogP contribution in [-0.4, -0.2) is 13.1 Å². The lowest BCUT2D eigenvalue weighted by molar-refractivity contribution is 1.02. The van der Waals surface area contributed by atoms with E-state index < -0.39 is 0 Å². The van der Waals surface area contributed by atoms with Crippen LogP contribution in [0.5, 0.6) is 0 Å². The second kappa shape index (κ2) is 4.57. The first kappa shape index (κ1) is 8.81. The van der Waals surface area contributed by atoms with Gasteiger partial charge in [0.2, 0.25) is 0 Å². The van der Waals surface area contributed by atoms with Crippen molar-refractivity contribution in [3.05, 3.63) is 36.4 Å². The van der Waals surface area contributed by atoms with Gasteiger partial charge in [0.1, 0.15) is 0 Å². The SMILES string of the molecule is C=Cc1ccc(NCCN)cc1. The summed E-state index contributed by atoms with van der Waals surface area (Å²) in [5.74, 6) is 0. The molecule has 0 amide bonds. The molecule has 0 radical (unpaired) electrons. The molecule has 0 aliphatic heterocycles. The molecular weight excluding hydrogens is 148 g/mol.